The molecule has 33 heavy (non-hydrogen) atoms. The molecule has 0 radical (unpaired) electrons. The molecule has 1 aromatic carbocycles. The summed E-state index contributed by atoms with van der Waals surface area (Å²) in [5, 5.41) is 9.06. The largest absolute Gasteiger partial charge is 0.334 e. The van der Waals surface area contributed by atoms with Crippen LogP contribution in [-0.2, 0) is 11.8 Å². The standard InChI is InChI=1S/C24H21F2N5O2/c1-30-15-29-20-10-16(3-5-21(20)30)2-4-17-13-28-9-8-19(17)22(32)6-7-23(33)31-14-24(25,26)11-18(31)12-27/h2-5,8-10,13,15,18H,6-7,11,14H2,1H3/b4-2+/t18-/m0/s1. The Bertz CT molecular complexity index is 1290. The number of imidazole rings is 1. The molecule has 0 aliphatic carbocycles. The second-order valence-electron chi connectivity index (χ2n) is 8.05. The number of carbonyl (C=O) groups excluding carboxylic acids is 2. The highest BCUT2D eigenvalue weighted by atomic mass is 19.3. The van der Waals surface area contributed by atoms with E-state index < -0.39 is 30.8 Å². The van der Waals surface area contributed by atoms with Gasteiger partial charge in [0.2, 0.25) is 5.91 Å². The zero-order valence-corrected chi connectivity index (χ0v) is 17.9. The summed E-state index contributed by atoms with van der Waals surface area (Å²) in [4.78, 5) is 34.5. The number of nitrogens with zero attached hydrogens (tertiary/aromatic N) is 5. The van der Waals surface area contributed by atoms with Gasteiger partial charge in [0.15, 0.2) is 5.78 Å². The van der Waals surface area contributed by atoms with Gasteiger partial charge in [0.1, 0.15) is 6.04 Å². The third-order valence-electron chi connectivity index (χ3n) is 5.66. The van der Waals surface area contributed by atoms with E-state index in [1.165, 1.54) is 6.20 Å². The minimum absolute atomic E-state index is 0.149. The number of alkyl halides is 2. The van der Waals surface area contributed by atoms with Gasteiger partial charge in [0, 0.05) is 49.8 Å². The molecule has 1 aliphatic heterocycles. The molecule has 0 N–H and O–H groups in total. The van der Waals surface area contributed by atoms with Crippen molar-refractivity contribution in [2.45, 2.75) is 31.2 Å². The molecule has 168 valence electrons. The highest BCUT2D eigenvalue weighted by molar-refractivity contribution is 6.01. The minimum atomic E-state index is -3.08. The summed E-state index contributed by atoms with van der Waals surface area (Å²) in [7, 11) is 1.92. The Balaban J connectivity index is 1.45. The molecule has 1 aliphatic rings. The Labute approximate surface area is 189 Å². The monoisotopic (exact) mass is 449 g/mol. The first-order chi connectivity index (χ1) is 15.8. The van der Waals surface area contributed by atoms with Crippen molar-refractivity contribution in [1.82, 2.24) is 19.4 Å². The molecule has 0 bridgehead atoms. The highest BCUT2D eigenvalue weighted by Gasteiger charge is 2.47. The molecule has 2 aromatic heterocycles. The molecule has 3 heterocycles. The second kappa shape index (κ2) is 8.90. The number of Topliss-reactive ketones (excluding diaryl/α,β-unsaturated/α-hetero) is 1. The Morgan fingerprint density at radius 1 is 1.27 bits per heavy atom. The number of ketones is 1. The van der Waals surface area contributed by atoms with Crippen LogP contribution >= 0.6 is 0 Å². The number of aryl methyl sites for hydroxylation is 1. The van der Waals surface area contributed by atoms with Crippen LogP contribution in [0.25, 0.3) is 23.2 Å². The quantitative estimate of drug-likeness (QED) is 0.533. The van der Waals surface area contributed by atoms with Gasteiger partial charge in [-0.1, -0.05) is 18.2 Å². The van der Waals surface area contributed by atoms with Crippen molar-refractivity contribution in [2.75, 3.05) is 6.54 Å². The van der Waals surface area contributed by atoms with Crippen LogP contribution in [-0.4, -0.2) is 49.6 Å². The maximum Gasteiger partial charge on any atom is 0.268 e. The van der Waals surface area contributed by atoms with E-state index in [1.807, 2.05) is 35.9 Å². The van der Waals surface area contributed by atoms with E-state index >= 15 is 0 Å². The van der Waals surface area contributed by atoms with E-state index in [9.17, 15) is 18.4 Å². The third-order valence-corrected chi connectivity index (χ3v) is 5.66. The van der Waals surface area contributed by atoms with Gasteiger partial charge < -0.3 is 9.47 Å². The van der Waals surface area contributed by atoms with Gasteiger partial charge in [-0.15, -0.1) is 0 Å². The van der Waals surface area contributed by atoms with Crippen LogP contribution < -0.4 is 0 Å². The summed E-state index contributed by atoms with van der Waals surface area (Å²) in [6, 6.07) is 7.97. The van der Waals surface area contributed by atoms with Gasteiger partial charge in [0.05, 0.1) is 30.0 Å². The Hall–Kier alpha value is -3.93. The molecule has 9 heteroatoms. The normalized spacial score (nSPS) is 17.5. The maximum absolute atomic E-state index is 13.6. The number of halogens is 2. The Kier molecular flexibility index (Phi) is 6.01. The molecule has 0 saturated carbocycles. The van der Waals surface area contributed by atoms with Crippen LogP contribution in [0.1, 0.15) is 40.7 Å². The number of rotatable bonds is 6. The van der Waals surface area contributed by atoms with E-state index in [2.05, 4.69) is 9.97 Å². The van der Waals surface area contributed by atoms with Crippen LogP contribution in [0.3, 0.4) is 0 Å². The molecule has 4 rings (SSSR count). The van der Waals surface area contributed by atoms with E-state index in [0.29, 0.717) is 11.1 Å². The molecule has 1 amide bonds. The first kappa shape index (κ1) is 22.3. The summed E-state index contributed by atoms with van der Waals surface area (Å²) in [5.41, 5.74) is 3.72. The SMILES string of the molecule is Cn1cnc2cc(/C=C/c3cnccc3C(=O)CCC(=O)N3CC(F)(F)C[C@H]3C#N)ccc21. The van der Waals surface area contributed by atoms with Crippen LogP contribution in [0.2, 0.25) is 0 Å². The first-order valence-corrected chi connectivity index (χ1v) is 10.4. The molecular weight excluding hydrogens is 428 g/mol. The topological polar surface area (TPSA) is 91.9 Å². The lowest BCUT2D eigenvalue weighted by molar-refractivity contribution is -0.132. The fourth-order valence-electron chi connectivity index (χ4n) is 3.93. The molecular formula is C24H21F2N5O2. The van der Waals surface area contributed by atoms with Gasteiger partial charge in [0.25, 0.3) is 5.92 Å². The fourth-order valence-corrected chi connectivity index (χ4v) is 3.93. The van der Waals surface area contributed by atoms with Gasteiger partial charge >= 0.3 is 0 Å². The van der Waals surface area contributed by atoms with E-state index in [0.717, 1.165) is 21.5 Å². The van der Waals surface area contributed by atoms with Crippen molar-refractivity contribution < 1.29 is 18.4 Å². The van der Waals surface area contributed by atoms with Crippen molar-refractivity contribution in [2.24, 2.45) is 7.05 Å². The van der Waals surface area contributed by atoms with E-state index in [4.69, 9.17) is 5.26 Å². The van der Waals surface area contributed by atoms with Crippen LogP contribution in [0.15, 0.2) is 43.0 Å². The van der Waals surface area contributed by atoms with Gasteiger partial charge in [-0.25, -0.2) is 13.8 Å². The summed E-state index contributed by atoms with van der Waals surface area (Å²) in [6.07, 6.45) is 7.32. The van der Waals surface area contributed by atoms with Crippen molar-refractivity contribution in [3.05, 3.63) is 59.7 Å². The molecule has 1 fully saturated rings. The van der Waals surface area contributed by atoms with Crippen molar-refractivity contribution in [3.63, 3.8) is 0 Å². The number of benzene rings is 1. The minimum Gasteiger partial charge on any atom is -0.334 e. The number of hydrogen-bond acceptors (Lipinski definition) is 5. The van der Waals surface area contributed by atoms with Crippen LogP contribution in [0.4, 0.5) is 8.78 Å². The number of aromatic nitrogens is 3. The Morgan fingerprint density at radius 3 is 2.88 bits per heavy atom. The molecule has 3 aromatic rings. The summed E-state index contributed by atoms with van der Waals surface area (Å²) < 4.78 is 29.1. The lowest BCUT2D eigenvalue weighted by Gasteiger charge is -2.18. The van der Waals surface area contributed by atoms with Crippen molar-refractivity contribution >= 4 is 34.9 Å². The average molecular weight is 449 g/mol. The smallest absolute Gasteiger partial charge is 0.268 e. The molecule has 0 unspecified atom stereocenters. The summed E-state index contributed by atoms with van der Waals surface area (Å²) in [5.74, 6) is -4.01. The van der Waals surface area contributed by atoms with Gasteiger partial charge in [-0.3, -0.25) is 14.6 Å². The lowest BCUT2D eigenvalue weighted by Crippen LogP contribution is -2.36. The predicted molar refractivity (Wildman–Crippen MR) is 118 cm³/mol. The number of likely N-dealkylation sites (tertiary alicyclic amines) is 1. The number of carbonyl (C=O) groups is 2. The predicted octanol–water partition coefficient (Wildman–Crippen LogP) is 3.86. The van der Waals surface area contributed by atoms with Crippen LogP contribution in [0.5, 0.6) is 0 Å². The maximum atomic E-state index is 13.6. The molecule has 1 saturated heterocycles. The summed E-state index contributed by atoms with van der Waals surface area (Å²) >= 11 is 0. The third kappa shape index (κ3) is 4.80. The number of hydrogen-bond donors (Lipinski definition) is 0. The molecule has 7 nitrogen and oxygen atoms in total. The fraction of sp³-hybridized carbons (Fsp3) is 0.292. The average Bonchev–Trinajstić information content (AvgIpc) is 3.34. The summed E-state index contributed by atoms with van der Waals surface area (Å²) in [6.45, 7) is -0.790. The van der Waals surface area contributed by atoms with Crippen LogP contribution in [0, 0.1) is 11.3 Å². The zero-order valence-electron chi connectivity index (χ0n) is 17.9. The second-order valence-corrected chi connectivity index (χ2v) is 8.05. The van der Waals surface area contributed by atoms with E-state index in [1.54, 1.807) is 30.7 Å². The Morgan fingerprint density at radius 2 is 2.09 bits per heavy atom. The first-order valence-electron chi connectivity index (χ1n) is 10.4. The number of fused-ring (bicyclic) bond motifs is 1. The van der Waals surface area contributed by atoms with Gasteiger partial charge in [-0.2, -0.15) is 5.26 Å². The molecule has 1 atom stereocenters. The highest BCUT2D eigenvalue weighted by Crippen LogP contribution is 2.32. The number of nitriles is 1. The van der Waals surface area contributed by atoms with Crippen molar-refractivity contribution in [1.29, 1.82) is 5.26 Å². The zero-order chi connectivity index (χ0) is 23.6. The lowest BCUT2D eigenvalue weighted by atomic mass is 10.0. The van der Waals surface area contributed by atoms with E-state index in [-0.39, 0.29) is 18.6 Å². The number of amides is 1. The molecule has 0 spiro atoms. The number of pyridine rings is 1. The van der Waals surface area contributed by atoms with Crippen molar-refractivity contribution in [3.8, 4) is 6.07 Å². The van der Waals surface area contributed by atoms with Gasteiger partial charge in [-0.05, 0) is 23.8 Å².